The van der Waals surface area contributed by atoms with E-state index in [4.69, 9.17) is 0 Å². The standard InChI is InChI=1S/C13H9F5N2/c1-6(7-2-4-19-5-3-7)20-13-11(17)9(15)8(14)10(16)12(13)18/h2-6,20H,1H3. The predicted octanol–water partition coefficient (Wildman–Crippen LogP) is 3.95. The molecule has 1 aromatic heterocycles. The van der Waals surface area contributed by atoms with Crippen LogP contribution in [-0.4, -0.2) is 4.98 Å². The first-order valence-electron chi connectivity index (χ1n) is 5.61. The van der Waals surface area contributed by atoms with Crippen LogP contribution in [0.5, 0.6) is 0 Å². The van der Waals surface area contributed by atoms with Crippen LogP contribution in [0.25, 0.3) is 0 Å². The van der Waals surface area contributed by atoms with Gasteiger partial charge in [-0.25, -0.2) is 22.0 Å². The smallest absolute Gasteiger partial charge is 0.200 e. The van der Waals surface area contributed by atoms with Gasteiger partial charge in [-0.2, -0.15) is 0 Å². The number of benzene rings is 1. The van der Waals surface area contributed by atoms with E-state index < -0.39 is 40.8 Å². The Morgan fingerprint density at radius 1 is 0.850 bits per heavy atom. The van der Waals surface area contributed by atoms with Gasteiger partial charge in [-0.05, 0) is 24.6 Å². The highest BCUT2D eigenvalue weighted by atomic mass is 19.2. The van der Waals surface area contributed by atoms with Crippen molar-refractivity contribution in [3.05, 3.63) is 59.2 Å². The number of rotatable bonds is 3. The van der Waals surface area contributed by atoms with Crippen molar-refractivity contribution in [1.29, 1.82) is 0 Å². The normalized spacial score (nSPS) is 12.3. The van der Waals surface area contributed by atoms with Crippen LogP contribution in [0.2, 0.25) is 0 Å². The maximum absolute atomic E-state index is 13.5. The van der Waals surface area contributed by atoms with E-state index in [0.717, 1.165) is 0 Å². The maximum atomic E-state index is 13.5. The fourth-order valence-corrected chi connectivity index (χ4v) is 1.68. The summed E-state index contributed by atoms with van der Waals surface area (Å²) in [6.45, 7) is 1.52. The molecule has 0 aliphatic carbocycles. The number of halogens is 5. The average Bonchev–Trinajstić information content (AvgIpc) is 2.48. The second-order valence-corrected chi connectivity index (χ2v) is 4.09. The molecule has 2 aromatic rings. The molecule has 1 atom stereocenters. The molecule has 2 nitrogen and oxygen atoms in total. The molecule has 0 saturated heterocycles. The molecule has 20 heavy (non-hydrogen) atoms. The number of anilines is 1. The van der Waals surface area contributed by atoms with E-state index in [1.807, 2.05) is 0 Å². The second-order valence-electron chi connectivity index (χ2n) is 4.09. The lowest BCUT2D eigenvalue weighted by Crippen LogP contribution is -2.13. The minimum absolute atomic E-state index is 0.587. The summed E-state index contributed by atoms with van der Waals surface area (Å²) in [5, 5.41) is 2.28. The van der Waals surface area contributed by atoms with Gasteiger partial charge in [0.25, 0.3) is 0 Å². The highest BCUT2D eigenvalue weighted by molar-refractivity contribution is 5.49. The first kappa shape index (κ1) is 14.2. The number of aromatic nitrogens is 1. The Balaban J connectivity index is 2.40. The monoisotopic (exact) mass is 288 g/mol. The van der Waals surface area contributed by atoms with Crippen molar-refractivity contribution in [3.63, 3.8) is 0 Å². The van der Waals surface area contributed by atoms with E-state index in [1.54, 1.807) is 12.1 Å². The summed E-state index contributed by atoms with van der Waals surface area (Å²) < 4.78 is 65.9. The zero-order valence-corrected chi connectivity index (χ0v) is 10.2. The van der Waals surface area contributed by atoms with Crippen molar-refractivity contribution in [2.24, 2.45) is 0 Å². The summed E-state index contributed by atoms with van der Waals surface area (Å²) in [7, 11) is 0. The first-order valence-corrected chi connectivity index (χ1v) is 5.61. The highest BCUT2D eigenvalue weighted by Crippen LogP contribution is 2.29. The van der Waals surface area contributed by atoms with E-state index in [9.17, 15) is 22.0 Å². The quantitative estimate of drug-likeness (QED) is 0.525. The van der Waals surface area contributed by atoms with Crippen molar-refractivity contribution in [1.82, 2.24) is 4.98 Å². The second kappa shape index (κ2) is 5.44. The molecule has 0 radical (unpaired) electrons. The summed E-state index contributed by atoms with van der Waals surface area (Å²) in [6, 6.07) is 2.46. The Labute approximate surface area is 111 Å². The van der Waals surface area contributed by atoms with E-state index in [1.165, 1.54) is 19.3 Å². The number of nitrogens with one attached hydrogen (secondary N) is 1. The molecule has 0 aliphatic heterocycles. The van der Waals surface area contributed by atoms with Crippen LogP contribution >= 0.6 is 0 Å². The van der Waals surface area contributed by atoms with Gasteiger partial charge >= 0.3 is 0 Å². The summed E-state index contributed by atoms with van der Waals surface area (Å²) in [5.74, 6) is -9.91. The molecule has 0 saturated carbocycles. The molecule has 0 bridgehead atoms. The predicted molar refractivity (Wildman–Crippen MR) is 62.5 cm³/mol. The SMILES string of the molecule is CC(Nc1c(F)c(F)c(F)c(F)c1F)c1ccncc1. The Bertz CT molecular complexity index is 601. The van der Waals surface area contributed by atoms with Gasteiger partial charge in [0.15, 0.2) is 23.3 Å². The van der Waals surface area contributed by atoms with Crippen LogP contribution in [0, 0.1) is 29.1 Å². The van der Waals surface area contributed by atoms with Crippen LogP contribution in [0.4, 0.5) is 27.6 Å². The lowest BCUT2D eigenvalue weighted by molar-refractivity contribution is 0.381. The Morgan fingerprint density at radius 3 is 1.80 bits per heavy atom. The maximum Gasteiger partial charge on any atom is 0.200 e. The fraction of sp³-hybridized carbons (Fsp3) is 0.154. The third kappa shape index (κ3) is 2.43. The van der Waals surface area contributed by atoms with Gasteiger partial charge in [-0.15, -0.1) is 0 Å². The zero-order chi connectivity index (χ0) is 14.9. The third-order valence-corrected chi connectivity index (χ3v) is 2.78. The molecular formula is C13H9F5N2. The summed E-state index contributed by atoms with van der Waals surface area (Å²) >= 11 is 0. The highest BCUT2D eigenvalue weighted by Gasteiger charge is 2.26. The molecule has 0 aliphatic rings. The molecule has 1 heterocycles. The number of pyridine rings is 1. The van der Waals surface area contributed by atoms with Crippen molar-refractivity contribution < 1.29 is 22.0 Å². The van der Waals surface area contributed by atoms with Crippen LogP contribution in [0.15, 0.2) is 24.5 Å². The van der Waals surface area contributed by atoms with Crippen LogP contribution < -0.4 is 5.32 Å². The van der Waals surface area contributed by atoms with Gasteiger partial charge in [-0.3, -0.25) is 4.98 Å². The Morgan fingerprint density at radius 2 is 1.30 bits per heavy atom. The van der Waals surface area contributed by atoms with E-state index >= 15 is 0 Å². The topological polar surface area (TPSA) is 24.9 Å². The van der Waals surface area contributed by atoms with Crippen molar-refractivity contribution in [2.45, 2.75) is 13.0 Å². The van der Waals surface area contributed by atoms with E-state index in [-0.39, 0.29) is 0 Å². The minimum atomic E-state index is -2.18. The average molecular weight is 288 g/mol. The van der Waals surface area contributed by atoms with Crippen LogP contribution in [-0.2, 0) is 0 Å². The molecule has 1 aromatic carbocycles. The molecule has 2 rings (SSSR count). The van der Waals surface area contributed by atoms with E-state index in [0.29, 0.717) is 5.56 Å². The number of nitrogens with zero attached hydrogens (tertiary/aromatic N) is 1. The summed E-state index contributed by atoms with van der Waals surface area (Å²) in [6.07, 6.45) is 2.90. The van der Waals surface area contributed by atoms with Crippen molar-refractivity contribution in [2.75, 3.05) is 5.32 Å². The van der Waals surface area contributed by atoms with Crippen LogP contribution in [0.3, 0.4) is 0 Å². The van der Waals surface area contributed by atoms with Gasteiger partial charge < -0.3 is 5.32 Å². The third-order valence-electron chi connectivity index (χ3n) is 2.78. The molecule has 0 fully saturated rings. The molecule has 0 amide bonds. The van der Waals surface area contributed by atoms with Gasteiger partial charge in [0.2, 0.25) is 5.82 Å². The van der Waals surface area contributed by atoms with Gasteiger partial charge in [0.1, 0.15) is 5.69 Å². The molecular weight excluding hydrogens is 279 g/mol. The van der Waals surface area contributed by atoms with Crippen molar-refractivity contribution in [3.8, 4) is 0 Å². The number of hydrogen-bond acceptors (Lipinski definition) is 2. The molecule has 0 spiro atoms. The largest absolute Gasteiger partial charge is 0.374 e. The van der Waals surface area contributed by atoms with Crippen molar-refractivity contribution >= 4 is 5.69 Å². The lowest BCUT2D eigenvalue weighted by Gasteiger charge is -2.17. The molecule has 106 valence electrons. The Hall–Kier alpha value is -2.18. The summed E-state index contributed by atoms with van der Waals surface area (Å²) in [5.41, 5.74) is -0.463. The fourth-order valence-electron chi connectivity index (χ4n) is 1.68. The van der Waals surface area contributed by atoms with Gasteiger partial charge in [0.05, 0.1) is 0 Å². The van der Waals surface area contributed by atoms with E-state index in [2.05, 4.69) is 10.3 Å². The molecule has 1 N–H and O–H groups in total. The van der Waals surface area contributed by atoms with Crippen LogP contribution in [0.1, 0.15) is 18.5 Å². The molecule has 7 heteroatoms. The Kier molecular flexibility index (Phi) is 3.87. The van der Waals surface area contributed by atoms with Gasteiger partial charge in [-0.1, -0.05) is 0 Å². The lowest BCUT2D eigenvalue weighted by atomic mass is 10.1. The first-order chi connectivity index (χ1) is 9.43. The number of hydrogen-bond donors (Lipinski definition) is 1. The zero-order valence-electron chi connectivity index (χ0n) is 10.2. The van der Waals surface area contributed by atoms with Gasteiger partial charge in [0, 0.05) is 18.4 Å². The summed E-state index contributed by atoms with van der Waals surface area (Å²) in [4.78, 5) is 3.76. The minimum Gasteiger partial charge on any atom is -0.374 e. The molecule has 1 unspecified atom stereocenters.